The van der Waals surface area contributed by atoms with Crippen molar-refractivity contribution in [3.05, 3.63) is 42.1 Å². The third kappa shape index (κ3) is 8.29. The molecule has 0 saturated carbocycles. The summed E-state index contributed by atoms with van der Waals surface area (Å²) >= 11 is 0. The average molecular weight is 466 g/mol. The maximum Gasteiger partial charge on any atom is 0.272 e. The molecule has 2 aromatic rings. The van der Waals surface area contributed by atoms with Crippen LogP contribution in [0.15, 0.2) is 41.4 Å². The van der Waals surface area contributed by atoms with Crippen molar-refractivity contribution in [2.45, 2.75) is 31.6 Å². The van der Waals surface area contributed by atoms with Crippen LogP contribution in [0, 0.1) is 6.92 Å². The van der Waals surface area contributed by atoms with Gasteiger partial charge < -0.3 is 14.8 Å². The van der Waals surface area contributed by atoms with Crippen LogP contribution in [0.2, 0.25) is 0 Å². The molecule has 2 N–H and O–H groups in total. The molecule has 0 aliphatic heterocycles. The molecular weight excluding hydrogens is 440 g/mol. The Balaban J connectivity index is 0.00000450. The average Bonchev–Trinajstić information content (AvgIpc) is 2.68. The summed E-state index contributed by atoms with van der Waals surface area (Å²) in [7, 11) is -3.87. The van der Waals surface area contributed by atoms with Gasteiger partial charge in [0.15, 0.2) is 0 Å². The molecule has 7 nitrogen and oxygen atoms in total. The fraction of sp³-hybridized carbons (Fsp3) is 0.421. The molecular formula is C19H26ClF2N3O4S. The summed E-state index contributed by atoms with van der Waals surface area (Å²) in [6.45, 7) is 5.13. The van der Waals surface area contributed by atoms with Crippen LogP contribution in [0.3, 0.4) is 0 Å². The molecule has 0 atom stereocenters. The number of hydrogen-bond donors (Lipinski definition) is 2. The van der Waals surface area contributed by atoms with Gasteiger partial charge in [-0.15, -0.1) is 12.4 Å². The fourth-order valence-electron chi connectivity index (χ4n) is 2.32. The molecule has 0 radical (unpaired) electrons. The lowest BCUT2D eigenvalue weighted by Crippen LogP contribution is -2.21. The normalized spacial score (nSPS) is 11.1. The van der Waals surface area contributed by atoms with Crippen LogP contribution in [0.25, 0.3) is 0 Å². The first-order valence-corrected chi connectivity index (χ1v) is 10.6. The number of sulfonamides is 1. The van der Waals surface area contributed by atoms with Gasteiger partial charge in [0.25, 0.3) is 16.4 Å². The molecule has 2 rings (SSSR count). The number of hydrogen-bond acceptors (Lipinski definition) is 6. The Labute approximate surface area is 181 Å². The monoisotopic (exact) mass is 465 g/mol. The zero-order valence-electron chi connectivity index (χ0n) is 16.7. The number of nitrogens with one attached hydrogen (secondary N) is 2. The van der Waals surface area contributed by atoms with Gasteiger partial charge in [-0.2, -0.15) is 0 Å². The van der Waals surface area contributed by atoms with Gasteiger partial charge in [-0.3, -0.25) is 4.72 Å². The molecule has 11 heteroatoms. The van der Waals surface area contributed by atoms with Gasteiger partial charge in [0, 0.05) is 12.6 Å². The third-order valence-electron chi connectivity index (χ3n) is 3.80. The summed E-state index contributed by atoms with van der Waals surface area (Å²) < 4.78 is 62.3. The number of nitrogens with zero attached hydrogens (tertiary/aromatic N) is 1. The predicted octanol–water partition coefficient (Wildman–Crippen LogP) is 3.63. The van der Waals surface area contributed by atoms with Crippen molar-refractivity contribution in [1.82, 2.24) is 10.3 Å². The van der Waals surface area contributed by atoms with E-state index in [0.717, 1.165) is 13.0 Å². The molecule has 0 saturated heterocycles. The van der Waals surface area contributed by atoms with E-state index in [9.17, 15) is 17.2 Å². The summed E-state index contributed by atoms with van der Waals surface area (Å²) in [5.41, 5.74) is 0.969. The minimum atomic E-state index is -3.87. The van der Waals surface area contributed by atoms with E-state index in [4.69, 9.17) is 9.47 Å². The summed E-state index contributed by atoms with van der Waals surface area (Å²) in [4.78, 5) is 4.10. The van der Waals surface area contributed by atoms with Crippen LogP contribution in [0.1, 0.15) is 18.9 Å². The molecule has 0 fully saturated rings. The van der Waals surface area contributed by atoms with Gasteiger partial charge in [-0.05, 0) is 49.7 Å². The molecule has 0 unspecified atom stereocenters. The molecule has 168 valence electrons. The van der Waals surface area contributed by atoms with Gasteiger partial charge in [-0.1, -0.05) is 6.92 Å². The second-order valence-electron chi connectivity index (χ2n) is 6.21. The largest absolute Gasteiger partial charge is 0.488 e. The van der Waals surface area contributed by atoms with Gasteiger partial charge in [-0.25, -0.2) is 22.2 Å². The number of halogens is 3. The zero-order valence-corrected chi connectivity index (χ0v) is 18.4. The van der Waals surface area contributed by atoms with Crippen LogP contribution in [0.4, 0.5) is 14.5 Å². The fourth-order valence-corrected chi connectivity index (χ4v) is 3.44. The molecule has 0 aliphatic rings. The predicted molar refractivity (Wildman–Crippen MR) is 114 cm³/mol. The minimum absolute atomic E-state index is 0. The first-order chi connectivity index (χ1) is 13.8. The lowest BCUT2D eigenvalue weighted by molar-refractivity contribution is 0.0819. The Morgan fingerprint density at radius 1 is 1.13 bits per heavy atom. The second-order valence-corrected chi connectivity index (χ2v) is 7.90. The maximum atomic E-state index is 12.5. The van der Waals surface area contributed by atoms with E-state index in [1.807, 2.05) is 0 Å². The first kappa shape index (κ1) is 25.9. The van der Waals surface area contributed by atoms with Crippen molar-refractivity contribution in [3.8, 4) is 11.6 Å². The molecule has 1 aromatic heterocycles. The van der Waals surface area contributed by atoms with Crippen molar-refractivity contribution in [1.29, 1.82) is 0 Å². The van der Waals surface area contributed by atoms with E-state index in [2.05, 4.69) is 21.9 Å². The lowest BCUT2D eigenvalue weighted by atomic mass is 10.2. The summed E-state index contributed by atoms with van der Waals surface area (Å²) in [5.74, 6) is 0.571. The Hall–Kier alpha value is -2.17. The highest BCUT2D eigenvalue weighted by Gasteiger charge is 2.16. The van der Waals surface area contributed by atoms with Crippen molar-refractivity contribution < 1.29 is 26.7 Å². The highest BCUT2D eigenvalue weighted by Crippen LogP contribution is 2.23. The van der Waals surface area contributed by atoms with Gasteiger partial charge in [0.2, 0.25) is 5.88 Å². The standard InChI is InChI=1S/C19H25F2N3O4S.ClH/c1-3-8-22-9-10-27-19-11-14(2)17(12-23-19)24-29(25,26)16-6-4-15(5-7-16)28-13-18(20)21;/h4-7,11-12,18,22,24H,3,8-10,13H2,1-2H3;1H. The molecule has 0 aliphatic carbocycles. The number of alkyl halides is 2. The van der Waals surface area contributed by atoms with Crippen molar-refractivity contribution in [3.63, 3.8) is 0 Å². The smallest absolute Gasteiger partial charge is 0.272 e. The number of aryl methyl sites for hydroxylation is 1. The summed E-state index contributed by atoms with van der Waals surface area (Å²) in [6.07, 6.45) is -0.172. The molecule has 1 heterocycles. The first-order valence-electron chi connectivity index (χ1n) is 9.16. The summed E-state index contributed by atoms with van der Waals surface area (Å²) in [5, 5.41) is 3.21. The van der Waals surface area contributed by atoms with E-state index in [0.29, 0.717) is 30.3 Å². The third-order valence-corrected chi connectivity index (χ3v) is 5.18. The lowest BCUT2D eigenvalue weighted by Gasteiger charge is -2.12. The van der Waals surface area contributed by atoms with Crippen molar-refractivity contribution in [2.24, 2.45) is 0 Å². The Kier molecular flexibility index (Phi) is 10.8. The SMILES string of the molecule is CCCNCCOc1cc(C)c(NS(=O)(=O)c2ccc(OCC(F)F)cc2)cn1.Cl. The Bertz CT molecular complexity index is 884. The number of ether oxygens (including phenoxy) is 2. The van der Waals surface area contributed by atoms with Gasteiger partial charge >= 0.3 is 0 Å². The molecule has 30 heavy (non-hydrogen) atoms. The molecule has 1 aromatic carbocycles. The van der Waals surface area contributed by atoms with Gasteiger partial charge in [0.05, 0.1) is 16.8 Å². The zero-order chi connectivity index (χ0) is 21.3. The minimum Gasteiger partial charge on any atom is -0.488 e. The van der Waals surface area contributed by atoms with E-state index in [-0.39, 0.29) is 23.1 Å². The summed E-state index contributed by atoms with van der Waals surface area (Å²) in [6, 6.07) is 6.87. The Morgan fingerprint density at radius 3 is 2.43 bits per heavy atom. The van der Waals surface area contributed by atoms with Gasteiger partial charge in [0.1, 0.15) is 19.0 Å². The van der Waals surface area contributed by atoms with E-state index in [1.165, 1.54) is 30.5 Å². The maximum absolute atomic E-state index is 12.5. The van der Waals surface area contributed by atoms with Crippen molar-refractivity contribution >= 4 is 28.1 Å². The van der Waals surface area contributed by atoms with Crippen LogP contribution < -0.4 is 19.5 Å². The van der Waals surface area contributed by atoms with Crippen LogP contribution >= 0.6 is 12.4 Å². The molecule has 0 spiro atoms. The van der Waals surface area contributed by atoms with E-state index < -0.39 is 23.1 Å². The quantitative estimate of drug-likeness (QED) is 0.465. The topological polar surface area (TPSA) is 89.6 Å². The number of aromatic nitrogens is 1. The number of benzene rings is 1. The number of anilines is 1. The highest BCUT2D eigenvalue weighted by molar-refractivity contribution is 7.92. The molecule has 0 amide bonds. The van der Waals surface area contributed by atoms with Crippen LogP contribution in [-0.2, 0) is 10.0 Å². The second kappa shape index (κ2) is 12.5. The van der Waals surface area contributed by atoms with E-state index >= 15 is 0 Å². The van der Waals surface area contributed by atoms with Crippen molar-refractivity contribution in [2.75, 3.05) is 31.0 Å². The number of pyridine rings is 1. The molecule has 0 bridgehead atoms. The number of rotatable bonds is 12. The van der Waals surface area contributed by atoms with Crippen LogP contribution in [-0.4, -0.2) is 46.1 Å². The van der Waals surface area contributed by atoms with E-state index in [1.54, 1.807) is 13.0 Å². The van der Waals surface area contributed by atoms with Crippen LogP contribution in [0.5, 0.6) is 11.6 Å². The highest BCUT2D eigenvalue weighted by atomic mass is 35.5. The Morgan fingerprint density at radius 2 is 1.83 bits per heavy atom.